The van der Waals surface area contributed by atoms with Gasteiger partial charge in [-0.25, -0.2) is 9.78 Å². The fourth-order valence-corrected chi connectivity index (χ4v) is 6.35. The first-order valence-corrected chi connectivity index (χ1v) is 12.3. The summed E-state index contributed by atoms with van der Waals surface area (Å²) in [5.41, 5.74) is 1.67. The Hall–Kier alpha value is -2.85. The van der Waals surface area contributed by atoms with Gasteiger partial charge >= 0.3 is 6.03 Å². The maximum absolute atomic E-state index is 13.7. The van der Waals surface area contributed by atoms with Crippen LogP contribution in [0.2, 0.25) is 0 Å². The van der Waals surface area contributed by atoms with Gasteiger partial charge in [0.1, 0.15) is 10.6 Å². The molecule has 2 aliphatic rings. The highest BCUT2D eigenvalue weighted by Gasteiger charge is 2.27. The fourth-order valence-electron chi connectivity index (χ4n) is 4.16. The number of aromatic nitrogens is 2. The molecule has 10 heteroatoms. The summed E-state index contributed by atoms with van der Waals surface area (Å²) in [6.07, 6.45) is 4.07. The van der Waals surface area contributed by atoms with E-state index in [0.29, 0.717) is 35.1 Å². The van der Waals surface area contributed by atoms with Gasteiger partial charge in [-0.2, -0.15) is 0 Å². The molecule has 0 atom stereocenters. The number of amides is 3. The maximum atomic E-state index is 13.7. The minimum absolute atomic E-state index is 0.0204. The van der Waals surface area contributed by atoms with E-state index in [1.54, 1.807) is 35.1 Å². The van der Waals surface area contributed by atoms with E-state index in [1.807, 2.05) is 12.1 Å². The van der Waals surface area contributed by atoms with Gasteiger partial charge in [-0.15, -0.1) is 11.3 Å². The lowest BCUT2D eigenvalue weighted by Crippen LogP contribution is -2.35. The van der Waals surface area contributed by atoms with Crippen LogP contribution in [-0.4, -0.2) is 52.3 Å². The number of carbonyl (C=O) groups is 2. The van der Waals surface area contributed by atoms with Gasteiger partial charge < -0.3 is 10.1 Å². The third-order valence-electron chi connectivity index (χ3n) is 5.77. The monoisotopic (exact) mass is 470 g/mol. The minimum atomic E-state index is -0.377. The predicted molar refractivity (Wildman–Crippen MR) is 124 cm³/mol. The first-order valence-electron chi connectivity index (χ1n) is 10.5. The number of thiophene rings is 1. The number of imide groups is 1. The predicted octanol–water partition coefficient (Wildman–Crippen LogP) is 2.98. The second-order valence-corrected chi connectivity index (χ2v) is 9.72. The number of nitrogens with zero attached hydrogens (tertiary/aromatic N) is 3. The van der Waals surface area contributed by atoms with Crippen molar-refractivity contribution in [3.8, 4) is 11.4 Å². The smallest absolute Gasteiger partial charge is 0.324 e. The van der Waals surface area contributed by atoms with Crippen molar-refractivity contribution >= 4 is 45.3 Å². The molecule has 0 bridgehead atoms. The van der Waals surface area contributed by atoms with Crippen LogP contribution in [0.1, 0.15) is 23.3 Å². The number of rotatable bonds is 5. The fraction of sp³-hybridized carbons (Fsp3) is 0.364. The van der Waals surface area contributed by atoms with E-state index >= 15 is 0 Å². The Kier molecular flexibility index (Phi) is 5.64. The summed E-state index contributed by atoms with van der Waals surface area (Å²) in [6.45, 7) is 0.810. The first-order chi connectivity index (χ1) is 15.6. The number of carbonyl (C=O) groups excluding carboxylic acids is 2. The van der Waals surface area contributed by atoms with Crippen molar-refractivity contribution in [3.63, 3.8) is 0 Å². The number of hydrogen-bond acceptors (Lipinski definition) is 7. The molecule has 1 saturated heterocycles. The van der Waals surface area contributed by atoms with E-state index in [2.05, 4.69) is 5.32 Å². The largest absolute Gasteiger partial charge is 0.497 e. The molecule has 1 N–H and O–H groups in total. The average Bonchev–Trinajstić information content (AvgIpc) is 3.41. The summed E-state index contributed by atoms with van der Waals surface area (Å²) < 4.78 is 6.82. The van der Waals surface area contributed by atoms with Crippen molar-refractivity contribution in [2.75, 3.05) is 26.0 Å². The molecular weight excluding hydrogens is 448 g/mol. The summed E-state index contributed by atoms with van der Waals surface area (Å²) in [4.78, 5) is 46.1. The van der Waals surface area contributed by atoms with Crippen LogP contribution < -0.4 is 15.6 Å². The van der Waals surface area contributed by atoms with Crippen LogP contribution in [0.5, 0.6) is 5.75 Å². The number of aryl methyl sites for hydroxylation is 2. The van der Waals surface area contributed by atoms with Gasteiger partial charge in [0.25, 0.3) is 5.56 Å². The Balaban J connectivity index is 1.58. The number of urea groups is 1. The van der Waals surface area contributed by atoms with Gasteiger partial charge in [0.05, 0.1) is 23.9 Å². The van der Waals surface area contributed by atoms with Crippen LogP contribution in [-0.2, 0) is 17.6 Å². The van der Waals surface area contributed by atoms with Crippen LogP contribution in [0.4, 0.5) is 4.79 Å². The van der Waals surface area contributed by atoms with Gasteiger partial charge in [-0.1, -0.05) is 11.8 Å². The summed E-state index contributed by atoms with van der Waals surface area (Å²) >= 11 is 2.76. The molecule has 3 amide bonds. The molecule has 1 aliphatic heterocycles. The zero-order chi connectivity index (χ0) is 22.2. The van der Waals surface area contributed by atoms with Crippen LogP contribution in [0.25, 0.3) is 15.9 Å². The molecule has 3 heterocycles. The Morgan fingerprint density at radius 2 is 2.00 bits per heavy atom. The average molecular weight is 471 g/mol. The number of fused-ring (bicyclic) bond motifs is 3. The molecule has 1 fully saturated rings. The van der Waals surface area contributed by atoms with Gasteiger partial charge in [-0.05, 0) is 55.5 Å². The Labute approximate surface area is 192 Å². The number of thioether (sulfide) groups is 1. The quantitative estimate of drug-likeness (QED) is 0.455. The lowest BCUT2D eigenvalue weighted by molar-refractivity contribution is -0.124. The van der Waals surface area contributed by atoms with Crippen molar-refractivity contribution in [1.29, 1.82) is 0 Å². The molecule has 2 aromatic heterocycles. The second-order valence-electron chi connectivity index (χ2n) is 7.69. The molecule has 166 valence electrons. The molecule has 8 nitrogen and oxygen atoms in total. The van der Waals surface area contributed by atoms with Crippen LogP contribution in [0.3, 0.4) is 0 Å². The summed E-state index contributed by atoms with van der Waals surface area (Å²) in [6, 6.07) is 6.84. The zero-order valence-electron chi connectivity index (χ0n) is 17.6. The number of methoxy groups -OCH3 is 1. The van der Waals surface area contributed by atoms with Crippen molar-refractivity contribution < 1.29 is 14.3 Å². The van der Waals surface area contributed by atoms with Crippen molar-refractivity contribution in [2.24, 2.45) is 0 Å². The molecule has 0 radical (unpaired) electrons. The van der Waals surface area contributed by atoms with E-state index < -0.39 is 0 Å². The van der Waals surface area contributed by atoms with Crippen molar-refractivity contribution in [3.05, 3.63) is 45.1 Å². The molecule has 32 heavy (non-hydrogen) atoms. The van der Waals surface area contributed by atoms with Gasteiger partial charge in [-0.3, -0.25) is 19.1 Å². The third kappa shape index (κ3) is 3.67. The normalized spacial score (nSPS) is 15.7. The molecule has 1 aliphatic carbocycles. The Morgan fingerprint density at radius 3 is 2.72 bits per heavy atom. The molecule has 5 rings (SSSR count). The zero-order valence-corrected chi connectivity index (χ0v) is 19.2. The number of nitrogens with one attached hydrogen (secondary N) is 1. The van der Waals surface area contributed by atoms with Crippen LogP contribution in [0, 0.1) is 0 Å². The van der Waals surface area contributed by atoms with E-state index in [9.17, 15) is 14.4 Å². The highest BCUT2D eigenvalue weighted by molar-refractivity contribution is 7.99. The lowest BCUT2D eigenvalue weighted by Gasteiger charge is -2.15. The number of benzene rings is 1. The third-order valence-corrected chi connectivity index (χ3v) is 7.88. The van der Waals surface area contributed by atoms with Gasteiger partial charge in [0.2, 0.25) is 5.91 Å². The molecule has 1 aromatic carbocycles. The van der Waals surface area contributed by atoms with Crippen molar-refractivity contribution in [2.45, 2.75) is 30.8 Å². The Morgan fingerprint density at radius 1 is 1.22 bits per heavy atom. The molecule has 0 saturated carbocycles. The second kappa shape index (κ2) is 8.59. The summed E-state index contributed by atoms with van der Waals surface area (Å²) in [5, 5.41) is 3.77. The standard InChI is InChI=1S/C22H22N4O4S2/c1-30-14-8-6-13(7-9-14)26-20(28)18-15-4-2-3-5-16(15)32-19(18)24-22(26)31-12-17(27)25-11-10-23-21(25)29/h6-9H,2-5,10-12H2,1H3,(H,23,29). The molecule has 3 aromatic rings. The van der Waals surface area contributed by atoms with Gasteiger partial charge in [0.15, 0.2) is 5.16 Å². The van der Waals surface area contributed by atoms with E-state index in [1.165, 1.54) is 21.5 Å². The lowest BCUT2D eigenvalue weighted by atomic mass is 9.97. The SMILES string of the molecule is COc1ccc(-n2c(SCC(=O)N3CCNC3=O)nc3sc4c(c3c2=O)CCCC4)cc1. The van der Waals surface area contributed by atoms with Gasteiger partial charge in [0, 0.05) is 18.0 Å². The number of ether oxygens (including phenoxy) is 1. The highest BCUT2D eigenvalue weighted by atomic mass is 32.2. The molecule has 0 spiro atoms. The first kappa shape index (κ1) is 21.0. The number of hydrogen-bond donors (Lipinski definition) is 1. The van der Waals surface area contributed by atoms with E-state index in [0.717, 1.165) is 36.1 Å². The van der Waals surface area contributed by atoms with Crippen LogP contribution in [0.15, 0.2) is 34.2 Å². The molecule has 0 unspecified atom stereocenters. The molecular formula is C22H22N4O4S2. The van der Waals surface area contributed by atoms with E-state index in [4.69, 9.17) is 9.72 Å². The summed E-state index contributed by atoms with van der Waals surface area (Å²) in [5.74, 6) is 0.409. The van der Waals surface area contributed by atoms with Crippen LogP contribution >= 0.6 is 23.1 Å². The topological polar surface area (TPSA) is 93.5 Å². The highest BCUT2D eigenvalue weighted by Crippen LogP contribution is 2.35. The minimum Gasteiger partial charge on any atom is -0.497 e. The van der Waals surface area contributed by atoms with Crippen molar-refractivity contribution in [1.82, 2.24) is 19.8 Å². The van der Waals surface area contributed by atoms with E-state index in [-0.39, 0.29) is 23.3 Å². The summed E-state index contributed by atoms with van der Waals surface area (Å²) in [7, 11) is 1.59. The Bertz CT molecular complexity index is 1270. The maximum Gasteiger partial charge on any atom is 0.324 e.